The lowest BCUT2D eigenvalue weighted by Gasteiger charge is -2.21. The zero-order chi connectivity index (χ0) is 45.4. The molecule has 0 spiro atoms. The van der Waals surface area contributed by atoms with Crippen LogP contribution in [-0.4, -0.2) is 39.9 Å². The summed E-state index contributed by atoms with van der Waals surface area (Å²) >= 11 is 0. The number of nitrogen functional groups attached to an aromatic ring is 1. The van der Waals surface area contributed by atoms with Crippen LogP contribution < -0.4 is 16.4 Å². The average molecular weight is 835 g/mol. The van der Waals surface area contributed by atoms with Crippen molar-refractivity contribution in [3.8, 4) is 22.3 Å². The van der Waals surface area contributed by atoms with Crippen LogP contribution in [0.3, 0.4) is 0 Å². The molecular formula is C50H50N4O8. The molecule has 12 nitrogen and oxygen atoms in total. The summed E-state index contributed by atoms with van der Waals surface area (Å²) in [5, 5.41) is 16.8. The van der Waals surface area contributed by atoms with E-state index in [-0.39, 0.29) is 28.4 Å². The minimum absolute atomic E-state index is 0.152. The number of non-ortho nitro benzene ring substituents is 1. The summed E-state index contributed by atoms with van der Waals surface area (Å²) < 4.78 is 11.0. The SMILES string of the molecule is Cc1ccc(N)cc1C(=O)Nc1cc(-c2ccccc2)ccc1C(=O)OC(C)(C)C.Cc1ccc([N+](=O)[O-])cc1C(=O)Nc1cc(-c2ccccc2)ccc1C(=O)OC(C)(C)C. The molecule has 0 radical (unpaired) electrons. The van der Waals surface area contributed by atoms with E-state index >= 15 is 0 Å². The Bertz CT molecular complexity index is 2630. The average Bonchev–Trinajstić information content (AvgIpc) is 3.21. The summed E-state index contributed by atoms with van der Waals surface area (Å²) in [5.74, 6) is -1.97. The Morgan fingerprint density at radius 3 is 1.32 bits per heavy atom. The molecule has 0 unspecified atom stereocenters. The van der Waals surface area contributed by atoms with Gasteiger partial charge in [0.1, 0.15) is 11.2 Å². The number of benzene rings is 6. The number of rotatable bonds is 9. The van der Waals surface area contributed by atoms with Crippen molar-refractivity contribution in [1.29, 1.82) is 0 Å². The molecule has 2 amide bonds. The van der Waals surface area contributed by atoms with Crippen LogP contribution in [0.4, 0.5) is 22.7 Å². The summed E-state index contributed by atoms with van der Waals surface area (Å²) in [4.78, 5) is 62.2. The van der Waals surface area contributed by atoms with E-state index < -0.39 is 34.0 Å². The molecule has 62 heavy (non-hydrogen) atoms. The second-order valence-corrected chi connectivity index (χ2v) is 16.5. The number of hydrogen-bond donors (Lipinski definition) is 3. The lowest BCUT2D eigenvalue weighted by molar-refractivity contribution is -0.384. The Labute approximate surface area is 361 Å². The predicted octanol–water partition coefficient (Wildman–Crippen LogP) is 11.2. The molecule has 12 heteroatoms. The van der Waals surface area contributed by atoms with E-state index in [1.54, 1.807) is 97.0 Å². The summed E-state index contributed by atoms with van der Waals surface area (Å²) in [7, 11) is 0. The third kappa shape index (κ3) is 12.2. The number of carbonyl (C=O) groups is 4. The fraction of sp³-hybridized carbons (Fsp3) is 0.200. The van der Waals surface area contributed by atoms with Crippen molar-refractivity contribution in [3.63, 3.8) is 0 Å². The first-order chi connectivity index (χ1) is 29.2. The van der Waals surface area contributed by atoms with Gasteiger partial charge in [-0.05, 0) is 125 Å². The fourth-order valence-electron chi connectivity index (χ4n) is 6.17. The first kappa shape index (κ1) is 45.5. The van der Waals surface area contributed by atoms with Crippen LogP contribution in [0.15, 0.2) is 133 Å². The molecule has 6 aromatic carbocycles. The van der Waals surface area contributed by atoms with Crippen molar-refractivity contribution in [2.75, 3.05) is 16.4 Å². The molecule has 0 fully saturated rings. The molecule has 318 valence electrons. The van der Waals surface area contributed by atoms with Crippen molar-refractivity contribution >= 4 is 46.5 Å². The van der Waals surface area contributed by atoms with E-state index in [0.717, 1.165) is 27.8 Å². The minimum atomic E-state index is -0.715. The lowest BCUT2D eigenvalue weighted by Crippen LogP contribution is -2.25. The van der Waals surface area contributed by atoms with Crippen LogP contribution in [0.5, 0.6) is 0 Å². The molecule has 0 saturated heterocycles. The summed E-state index contributed by atoms with van der Waals surface area (Å²) in [6.45, 7) is 14.2. The Hall–Kier alpha value is -7.60. The van der Waals surface area contributed by atoms with Gasteiger partial charge >= 0.3 is 11.9 Å². The quantitative estimate of drug-likeness (QED) is 0.0553. The molecular weight excluding hydrogens is 785 g/mol. The van der Waals surface area contributed by atoms with Crippen LogP contribution in [-0.2, 0) is 9.47 Å². The highest BCUT2D eigenvalue weighted by molar-refractivity contribution is 6.10. The van der Waals surface area contributed by atoms with Crippen molar-refractivity contribution in [1.82, 2.24) is 0 Å². The number of nitro benzene ring substituents is 1. The molecule has 0 aliphatic rings. The Morgan fingerprint density at radius 2 is 0.919 bits per heavy atom. The summed E-state index contributed by atoms with van der Waals surface area (Å²) in [5.41, 5.74) is 11.5. The molecule has 0 aromatic heterocycles. The molecule has 0 aliphatic heterocycles. The molecule has 6 aromatic rings. The topological polar surface area (TPSA) is 180 Å². The van der Waals surface area contributed by atoms with Gasteiger partial charge < -0.3 is 25.8 Å². The number of amides is 2. The van der Waals surface area contributed by atoms with Gasteiger partial charge in [-0.1, -0.05) is 84.9 Å². The highest BCUT2D eigenvalue weighted by atomic mass is 16.6. The van der Waals surface area contributed by atoms with E-state index in [0.29, 0.717) is 28.1 Å². The van der Waals surface area contributed by atoms with Gasteiger partial charge in [-0.2, -0.15) is 0 Å². The number of nitrogens with zero attached hydrogens (tertiary/aromatic N) is 1. The van der Waals surface area contributed by atoms with Crippen LogP contribution in [0.2, 0.25) is 0 Å². The van der Waals surface area contributed by atoms with Crippen molar-refractivity contribution in [2.24, 2.45) is 0 Å². The predicted molar refractivity (Wildman–Crippen MR) is 243 cm³/mol. The highest BCUT2D eigenvalue weighted by Gasteiger charge is 2.25. The molecule has 0 heterocycles. The molecule has 0 saturated carbocycles. The van der Waals surface area contributed by atoms with Crippen LogP contribution >= 0.6 is 0 Å². The van der Waals surface area contributed by atoms with E-state index in [2.05, 4.69) is 10.6 Å². The van der Waals surface area contributed by atoms with Gasteiger partial charge in [0.25, 0.3) is 17.5 Å². The van der Waals surface area contributed by atoms with Gasteiger partial charge in [0.15, 0.2) is 0 Å². The maximum atomic E-state index is 13.0. The fourth-order valence-corrected chi connectivity index (χ4v) is 6.17. The molecule has 6 rings (SSSR count). The lowest BCUT2D eigenvalue weighted by atomic mass is 10.0. The number of nitrogens with two attached hydrogens (primary N) is 1. The van der Waals surface area contributed by atoms with E-state index in [9.17, 15) is 29.3 Å². The normalized spacial score (nSPS) is 11.0. The molecule has 0 atom stereocenters. The first-order valence-electron chi connectivity index (χ1n) is 19.8. The van der Waals surface area contributed by atoms with E-state index in [1.807, 2.05) is 73.7 Å². The van der Waals surface area contributed by atoms with E-state index in [4.69, 9.17) is 15.2 Å². The second-order valence-electron chi connectivity index (χ2n) is 16.5. The molecule has 0 bridgehead atoms. The number of ether oxygens (including phenoxy) is 2. The number of hydrogen-bond acceptors (Lipinski definition) is 9. The molecule has 4 N–H and O–H groups in total. The van der Waals surface area contributed by atoms with Crippen LogP contribution in [0, 0.1) is 24.0 Å². The number of anilines is 3. The van der Waals surface area contributed by atoms with Gasteiger partial charge in [-0.3, -0.25) is 19.7 Å². The van der Waals surface area contributed by atoms with E-state index in [1.165, 1.54) is 18.2 Å². The third-order valence-electron chi connectivity index (χ3n) is 9.17. The zero-order valence-corrected chi connectivity index (χ0v) is 36.0. The standard InChI is InChI=1S/C25H24N2O5.C25H26N2O3/c1-16-10-12-19(27(30)31)15-21(16)23(28)26-22-14-18(17-8-6-5-7-9-17)11-13-20(22)24(29)32-25(2,3)4;1-16-10-12-19(26)15-21(16)23(28)27-22-14-18(17-8-6-5-7-9-17)11-13-20(22)24(29)30-25(2,3)4/h5-15H,1-4H3,(H,26,28);5-15H,26H2,1-4H3,(H,27,28). The first-order valence-corrected chi connectivity index (χ1v) is 19.8. The second kappa shape index (κ2) is 19.2. The minimum Gasteiger partial charge on any atom is -0.456 e. The van der Waals surface area contributed by atoms with Gasteiger partial charge in [-0.15, -0.1) is 0 Å². The maximum Gasteiger partial charge on any atom is 0.340 e. The summed E-state index contributed by atoms with van der Waals surface area (Å²) in [6.07, 6.45) is 0. The Balaban J connectivity index is 0.000000235. The highest BCUT2D eigenvalue weighted by Crippen LogP contribution is 2.30. The van der Waals surface area contributed by atoms with Crippen LogP contribution in [0.1, 0.15) is 94.1 Å². The Morgan fingerprint density at radius 1 is 0.516 bits per heavy atom. The number of aryl methyl sites for hydroxylation is 2. The number of nitro groups is 1. The zero-order valence-electron chi connectivity index (χ0n) is 36.0. The van der Waals surface area contributed by atoms with Gasteiger partial charge in [0.2, 0.25) is 0 Å². The maximum absolute atomic E-state index is 13.0. The summed E-state index contributed by atoms with van der Waals surface area (Å²) in [6, 6.07) is 38.9. The van der Waals surface area contributed by atoms with Crippen LogP contribution in [0.25, 0.3) is 22.3 Å². The van der Waals surface area contributed by atoms with Gasteiger partial charge in [0, 0.05) is 28.9 Å². The molecule has 0 aliphatic carbocycles. The monoisotopic (exact) mass is 834 g/mol. The number of nitrogens with one attached hydrogen (secondary N) is 2. The number of esters is 2. The van der Waals surface area contributed by atoms with Gasteiger partial charge in [0.05, 0.1) is 27.4 Å². The Kier molecular flexibility index (Phi) is 14.1. The number of carbonyl (C=O) groups excluding carboxylic acids is 4. The van der Waals surface area contributed by atoms with Crippen molar-refractivity contribution < 1.29 is 33.6 Å². The third-order valence-corrected chi connectivity index (χ3v) is 9.17. The van der Waals surface area contributed by atoms with Gasteiger partial charge in [-0.25, -0.2) is 9.59 Å². The largest absolute Gasteiger partial charge is 0.456 e. The van der Waals surface area contributed by atoms with Crippen molar-refractivity contribution in [2.45, 2.75) is 66.6 Å². The van der Waals surface area contributed by atoms with Crippen molar-refractivity contribution in [3.05, 3.63) is 177 Å². The smallest absolute Gasteiger partial charge is 0.340 e.